The third kappa shape index (κ3) is 7.48. The number of nitrogens with zero attached hydrogens (tertiary/aromatic N) is 7. The minimum absolute atomic E-state index is 0.0393. The van der Waals surface area contributed by atoms with Crippen molar-refractivity contribution in [1.82, 2.24) is 35.2 Å². The van der Waals surface area contributed by atoms with E-state index < -0.39 is 36.3 Å². The Morgan fingerprint density at radius 1 is 1.11 bits per heavy atom. The minimum atomic E-state index is -3.13. The van der Waals surface area contributed by atoms with Gasteiger partial charge in [0.15, 0.2) is 5.82 Å². The molecule has 238 valence electrons. The number of halogens is 1. The molecule has 0 aromatic carbocycles. The lowest BCUT2D eigenvalue weighted by molar-refractivity contribution is -0.351. The summed E-state index contributed by atoms with van der Waals surface area (Å²) in [5.74, 6) is -5.71. The van der Waals surface area contributed by atoms with E-state index in [1.807, 2.05) is 0 Å². The Bertz CT molecular complexity index is 1650. The monoisotopic (exact) mass is 645 g/mol. The van der Waals surface area contributed by atoms with E-state index in [4.69, 9.17) is 17.3 Å². The second-order valence-electron chi connectivity index (χ2n) is 10.2. The summed E-state index contributed by atoms with van der Waals surface area (Å²) >= 11 is 6.10. The Hall–Kier alpha value is -4.79. The molecule has 5 rings (SSSR count). The number of oxime groups is 1. The van der Waals surface area contributed by atoms with E-state index in [9.17, 15) is 35.1 Å². The number of carbonyl (C=O) groups is 1. The molecule has 3 aromatic heterocycles. The van der Waals surface area contributed by atoms with Crippen molar-refractivity contribution in [3.05, 3.63) is 57.8 Å². The van der Waals surface area contributed by atoms with Crippen LogP contribution in [-0.2, 0) is 10.8 Å². The fourth-order valence-electron chi connectivity index (χ4n) is 4.75. The summed E-state index contributed by atoms with van der Waals surface area (Å²) in [6, 6.07) is -1.35. The highest BCUT2D eigenvalue weighted by molar-refractivity contribution is 6.42. The fourth-order valence-corrected chi connectivity index (χ4v) is 4.88. The minimum Gasteiger partial charge on any atom is -0.396 e. The predicted octanol–water partition coefficient (Wildman–Crippen LogP) is -1.44. The molecular weight excluding hydrogens is 618 g/mol. The molecule has 1 saturated carbocycles. The van der Waals surface area contributed by atoms with Crippen molar-refractivity contribution >= 4 is 41.3 Å². The topological polar surface area (TPSA) is 290 Å². The molecule has 0 spiro atoms. The SMILES string of the molecule is NC1=C(Cl)C=NOC(O)(O)c2cnc(NC3CCC(N(C(=O)NCC(O)(O)O)c4cnc(-c5cnc(=O)[nH]c5)cn4)CC3)nc21. The number of aromatic nitrogens is 6. The first-order valence-electron chi connectivity index (χ1n) is 13.4. The molecule has 0 radical (unpaired) electrons. The molecule has 1 aliphatic carbocycles. The maximum Gasteiger partial charge on any atom is 0.377 e. The zero-order chi connectivity index (χ0) is 32.4. The third-order valence-electron chi connectivity index (χ3n) is 6.94. The maximum atomic E-state index is 13.2. The first-order chi connectivity index (χ1) is 21.3. The largest absolute Gasteiger partial charge is 0.396 e. The number of fused-ring (bicyclic) bond motifs is 1. The molecule has 0 unspecified atom stereocenters. The van der Waals surface area contributed by atoms with Crippen LogP contribution in [0.25, 0.3) is 17.0 Å². The van der Waals surface area contributed by atoms with Crippen molar-refractivity contribution in [3.8, 4) is 11.3 Å². The number of amides is 2. The molecule has 45 heavy (non-hydrogen) atoms. The molecule has 2 amide bonds. The van der Waals surface area contributed by atoms with Crippen LogP contribution < -0.4 is 27.0 Å². The van der Waals surface area contributed by atoms with E-state index in [0.29, 0.717) is 36.9 Å². The van der Waals surface area contributed by atoms with Gasteiger partial charge in [0.05, 0.1) is 35.0 Å². The van der Waals surface area contributed by atoms with Crippen molar-refractivity contribution in [2.75, 3.05) is 16.8 Å². The number of allylic oxidation sites excluding steroid dienone is 1. The fraction of sp³-hybridized carbons (Fsp3) is 0.360. The Balaban J connectivity index is 1.32. The van der Waals surface area contributed by atoms with Gasteiger partial charge in [0.25, 0.3) is 5.97 Å². The van der Waals surface area contributed by atoms with Gasteiger partial charge in [0.1, 0.15) is 17.8 Å². The van der Waals surface area contributed by atoms with Gasteiger partial charge in [0, 0.05) is 36.2 Å². The number of nitrogens with one attached hydrogen (secondary N) is 3. The van der Waals surface area contributed by atoms with E-state index in [2.05, 4.69) is 50.5 Å². The Kier molecular flexibility index (Phi) is 8.91. The zero-order valence-corrected chi connectivity index (χ0v) is 24.0. The predicted molar refractivity (Wildman–Crippen MR) is 156 cm³/mol. The standard InChI is InChI=1S/C25H28ClN11O8/c26-16-8-34-45-25(43,44)15-7-30-21(36-20(15)19(16)27)35-13-1-3-14(4-2-13)37(23(39)33-11-24(40,41)42)18-10-28-17(9-29-18)12-5-31-22(38)32-6-12/h5-10,13-14,40-44H,1-4,11,27H2,(H,33,39)(H,30,35,36)(H,31,32,38). The average molecular weight is 646 g/mol. The molecule has 2 aliphatic rings. The zero-order valence-electron chi connectivity index (χ0n) is 23.2. The Morgan fingerprint density at radius 3 is 2.51 bits per heavy atom. The summed E-state index contributed by atoms with van der Waals surface area (Å²) in [6.07, 6.45) is 9.52. The van der Waals surface area contributed by atoms with E-state index in [1.54, 1.807) is 0 Å². The van der Waals surface area contributed by atoms with Crippen LogP contribution in [0.15, 0.2) is 46.0 Å². The first kappa shape index (κ1) is 31.6. The van der Waals surface area contributed by atoms with Crippen molar-refractivity contribution in [1.29, 1.82) is 0 Å². The molecule has 10 N–H and O–H groups in total. The van der Waals surface area contributed by atoms with Crippen LogP contribution in [0.5, 0.6) is 0 Å². The number of urea groups is 1. The number of rotatable bonds is 7. The average Bonchev–Trinajstić information content (AvgIpc) is 3.00. The molecule has 20 heteroatoms. The van der Waals surface area contributed by atoms with Crippen LogP contribution in [0.1, 0.15) is 36.9 Å². The summed E-state index contributed by atoms with van der Waals surface area (Å²) in [6.45, 7) is -0.870. The van der Waals surface area contributed by atoms with Crippen LogP contribution in [0.4, 0.5) is 16.6 Å². The number of anilines is 2. The molecule has 1 fully saturated rings. The van der Waals surface area contributed by atoms with Gasteiger partial charge in [-0.2, -0.15) is 0 Å². The van der Waals surface area contributed by atoms with Crippen LogP contribution in [0.2, 0.25) is 0 Å². The summed E-state index contributed by atoms with van der Waals surface area (Å²) in [5, 5.41) is 57.1. The third-order valence-corrected chi connectivity index (χ3v) is 7.24. The second-order valence-corrected chi connectivity index (χ2v) is 10.6. The molecule has 1 aliphatic heterocycles. The van der Waals surface area contributed by atoms with E-state index in [0.717, 1.165) is 12.4 Å². The van der Waals surface area contributed by atoms with Crippen molar-refractivity contribution in [2.24, 2.45) is 10.9 Å². The van der Waals surface area contributed by atoms with Crippen molar-refractivity contribution < 1.29 is 35.2 Å². The van der Waals surface area contributed by atoms with E-state index >= 15 is 0 Å². The van der Waals surface area contributed by atoms with Gasteiger partial charge in [-0.05, 0) is 25.7 Å². The van der Waals surface area contributed by atoms with Crippen molar-refractivity contribution in [2.45, 2.75) is 49.7 Å². The number of hydrogen-bond acceptors (Lipinski definition) is 16. The number of carbonyl (C=O) groups excluding carboxylic acids is 1. The van der Waals surface area contributed by atoms with Gasteiger partial charge >= 0.3 is 17.7 Å². The van der Waals surface area contributed by atoms with Crippen LogP contribution in [0.3, 0.4) is 0 Å². The van der Waals surface area contributed by atoms with Gasteiger partial charge in [-0.25, -0.2) is 29.5 Å². The highest BCUT2D eigenvalue weighted by atomic mass is 35.5. The molecule has 19 nitrogen and oxygen atoms in total. The number of H-pyrrole nitrogens is 1. The number of aliphatic hydroxyl groups is 5. The lowest BCUT2D eigenvalue weighted by atomic mass is 9.90. The molecule has 3 aromatic rings. The van der Waals surface area contributed by atoms with Gasteiger partial charge in [-0.3, -0.25) is 9.88 Å². The summed E-state index contributed by atoms with van der Waals surface area (Å²) in [7, 11) is 0. The van der Waals surface area contributed by atoms with Crippen LogP contribution in [0, 0.1) is 0 Å². The number of nitrogens with two attached hydrogens (primary N) is 1. The number of hydrogen-bond donors (Lipinski definition) is 9. The highest BCUT2D eigenvalue weighted by Gasteiger charge is 2.37. The van der Waals surface area contributed by atoms with Gasteiger partial charge in [0.2, 0.25) is 5.95 Å². The molecule has 0 atom stereocenters. The lowest BCUT2D eigenvalue weighted by Crippen LogP contribution is -2.52. The summed E-state index contributed by atoms with van der Waals surface area (Å²) in [5.41, 5.74) is 5.97. The molecule has 4 heterocycles. The Labute approximate surface area is 258 Å². The van der Waals surface area contributed by atoms with Crippen molar-refractivity contribution in [3.63, 3.8) is 0 Å². The normalized spacial score (nSPS) is 19.5. The smallest absolute Gasteiger partial charge is 0.377 e. The molecular formula is C25H28ClN11O8. The summed E-state index contributed by atoms with van der Waals surface area (Å²) < 4.78 is 0. The van der Waals surface area contributed by atoms with Crippen LogP contribution >= 0.6 is 11.6 Å². The van der Waals surface area contributed by atoms with Gasteiger partial charge in [-0.15, -0.1) is 0 Å². The lowest BCUT2D eigenvalue weighted by Gasteiger charge is -2.36. The first-order valence-corrected chi connectivity index (χ1v) is 13.8. The number of aromatic amines is 1. The second kappa shape index (κ2) is 12.7. The molecule has 0 bridgehead atoms. The van der Waals surface area contributed by atoms with Gasteiger partial charge < -0.3 is 51.7 Å². The highest BCUT2D eigenvalue weighted by Crippen LogP contribution is 2.31. The summed E-state index contributed by atoms with van der Waals surface area (Å²) in [4.78, 5) is 53.7. The van der Waals surface area contributed by atoms with Gasteiger partial charge in [-0.1, -0.05) is 16.8 Å². The maximum absolute atomic E-state index is 13.2. The van der Waals surface area contributed by atoms with E-state index in [-0.39, 0.29) is 39.8 Å². The van der Waals surface area contributed by atoms with E-state index in [1.165, 1.54) is 29.7 Å². The molecule has 0 saturated heterocycles. The Morgan fingerprint density at radius 2 is 1.87 bits per heavy atom. The quantitative estimate of drug-likeness (QED) is 0.133. The van der Waals surface area contributed by atoms with Crippen LogP contribution in [-0.4, -0.2) is 92.3 Å².